The van der Waals surface area contributed by atoms with E-state index in [1.165, 1.54) is 30.7 Å². The van der Waals surface area contributed by atoms with Gasteiger partial charge < -0.3 is 14.2 Å². The second-order valence-electron chi connectivity index (χ2n) is 9.51. The summed E-state index contributed by atoms with van der Waals surface area (Å²) in [6, 6.07) is 12.0. The molecule has 9 nitrogen and oxygen atoms in total. The molecule has 1 aromatic heterocycles. The summed E-state index contributed by atoms with van der Waals surface area (Å²) in [7, 11) is 0. The van der Waals surface area contributed by atoms with Crippen LogP contribution in [0.2, 0.25) is 0 Å². The third kappa shape index (κ3) is 6.76. The average Bonchev–Trinajstić information content (AvgIpc) is 3.28. The number of carbonyl (C=O) groups is 2. The van der Waals surface area contributed by atoms with Crippen molar-refractivity contribution in [2.45, 2.75) is 52.6 Å². The summed E-state index contributed by atoms with van der Waals surface area (Å²) in [5.74, 6) is 5.56. The number of ketones is 2. The first-order valence-electron chi connectivity index (χ1n) is 12.6. The van der Waals surface area contributed by atoms with Crippen molar-refractivity contribution in [3.8, 4) is 24.1 Å². The highest BCUT2D eigenvalue weighted by atomic mass is 16.6. The molecule has 0 amide bonds. The van der Waals surface area contributed by atoms with Crippen LogP contribution in [0.1, 0.15) is 69.5 Å². The number of aromatic amines is 1. The minimum Gasteiger partial charge on any atom is -0.443 e. The van der Waals surface area contributed by atoms with Gasteiger partial charge in [-0.3, -0.25) is 23.9 Å². The molecule has 204 valence electrons. The third-order valence-corrected chi connectivity index (χ3v) is 6.35. The number of hydrogen-bond acceptors (Lipinski definition) is 7. The Bertz CT molecular complexity index is 1690. The standard InChI is InChI=1S/C31H28N2O7/c1-19-5-7-25(21(3)34)23(15-19)10-13-38-18-28-27(17-30(40-28)33-12-9-29(36)32-31(33)37)39-14-11-24-16-20(2)6-8-26(24)22(4)35/h5-9,12,15-16,27-28,30H,17-18H2,1-4H3,(H,32,36,37)/t27?,28-,30-/m0/s1. The highest BCUT2D eigenvalue weighted by Crippen LogP contribution is 2.30. The fraction of sp³-hybridized carbons (Fsp3) is 0.290. The zero-order valence-electron chi connectivity index (χ0n) is 22.6. The predicted octanol–water partition coefficient (Wildman–Crippen LogP) is 3.27. The number of nitrogens with one attached hydrogen (secondary N) is 1. The van der Waals surface area contributed by atoms with Crippen LogP contribution < -0.4 is 11.2 Å². The van der Waals surface area contributed by atoms with E-state index in [2.05, 4.69) is 29.0 Å². The molecule has 0 radical (unpaired) electrons. The molecular weight excluding hydrogens is 512 g/mol. The lowest BCUT2D eigenvalue weighted by molar-refractivity contribution is -0.0457. The first kappa shape index (κ1) is 28.2. The van der Waals surface area contributed by atoms with Gasteiger partial charge in [0.2, 0.25) is 0 Å². The molecule has 0 bridgehead atoms. The maximum atomic E-state index is 12.3. The van der Waals surface area contributed by atoms with Gasteiger partial charge in [-0.05, 0) is 74.9 Å². The summed E-state index contributed by atoms with van der Waals surface area (Å²) in [6.45, 7) is 6.73. The van der Waals surface area contributed by atoms with Crippen LogP contribution in [0.5, 0.6) is 0 Å². The fourth-order valence-electron chi connectivity index (χ4n) is 4.31. The highest BCUT2D eigenvalue weighted by Gasteiger charge is 2.38. The van der Waals surface area contributed by atoms with E-state index in [-0.39, 0.29) is 24.6 Å². The van der Waals surface area contributed by atoms with Crippen LogP contribution in [0.4, 0.5) is 0 Å². The summed E-state index contributed by atoms with van der Waals surface area (Å²) < 4.78 is 18.7. The number of Topliss-reactive ketones (excluding diaryl/α,β-unsaturated/α-hetero) is 2. The van der Waals surface area contributed by atoms with Gasteiger partial charge in [0.1, 0.15) is 37.3 Å². The molecule has 1 aliphatic heterocycles. The molecule has 9 heteroatoms. The summed E-state index contributed by atoms with van der Waals surface area (Å²) in [4.78, 5) is 50.0. The van der Waals surface area contributed by atoms with Crippen LogP contribution in [0.25, 0.3) is 0 Å². The van der Waals surface area contributed by atoms with Crippen LogP contribution in [-0.2, 0) is 14.2 Å². The molecule has 1 fully saturated rings. The molecule has 0 saturated carbocycles. The number of H-pyrrole nitrogens is 1. The normalized spacial score (nSPS) is 17.6. The Morgan fingerprint density at radius 1 is 0.950 bits per heavy atom. The predicted molar refractivity (Wildman–Crippen MR) is 147 cm³/mol. The van der Waals surface area contributed by atoms with Crippen molar-refractivity contribution in [3.05, 3.63) is 103 Å². The minimum atomic E-state index is -0.745. The zero-order valence-corrected chi connectivity index (χ0v) is 22.6. The molecule has 1 N–H and O–H groups in total. The highest BCUT2D eigenvalue weighted by molar-refractivity contribution is 5.97. The second kappa shape index (κ2) is 12.3. The van der Waals surface area contributed by atoms with Crippen LogP contribution in [0.15, 0.2) is 58.3 Å². The summed E-state index contributed by atoms with van der Waals surface area (Å²) in [5, 5.41) is 0. The number of nitrogens with zero attached hydrogens (tertiary/aromatic N) is 1. The molecule has 4 rings (SSSR count). The van der Waals surface area contributed by atoms with Crippen LogP contribution in [0, 0.1) is 37.9 Å². The average molecular weight is 541 g/mol. The van der Waals surface area contributed by atoms with Gasteiger partial charge in [-0.2, -0.15) is 0 Å². The molecular formula is C31H28N2O7. The molecule has 1 saturated heterocycles. The SMILES string of the molecule is CC(=O)c1ccc(C)cc1C#COC[C@@H]1O[C@H](n2ccc(=O)[nH]c2=O)CC1OC#Cc1cc(C)ccc1C(C)=O. The van der Waals surface area contributed by atoms with Crippen molar-refractivity contribution in [3.63, 3.8) is 0 Å². The van der Waals surface area contributed by atoms with Gasteiger partial charge in [-0.15, -0.1) is 0 Å². The van der Waals surface area contributed by atoms with Gasteiger partial charge in [-0.1, -0.05) is 12.1 Å². The van der Waals surface area contributed by atoms with Crippen molar-refractivity contribution in [2.75, 3.05) is 6.61 Å². The number of ether oxygens (including phenoxy) is 3. The third-order valence-electron chi connectivity index (χ3n) is 6.35. The fourth-order valence-corrected chi connectivity index (χ4v) is 4.31. The smallest absolute Gasteiger partial charge is 0.330 e. The number of aromatic nitrogens is 2. The molecule has 3 aromatic rings. The van der Waals surface area contributed by atoms with E-state index in [0.29, 0.717) is 22.3 Å². The monoisotopic (exact) mass is 540 g/mol. The van der Waals surface area contributed by atoms with Gasteiger partial charge in [0, 0.05) is 40.9 Å². The molecule has 0 aliphatic carbocycles. The van der Waals surface area contributed by atoms with E-state index in [9.17, 15) is 19.2 Å². The van der Waals surface area contributed by atoms with Crippen molar-refractivity contribution in [1.82, 2.24) is 9.55 Å². The quantitative estimate of drug-likeness (QED) is 0.377. The molecule has 2 heterocycles. The van der Waals surface area contributed by atoms with Crippen molar-refractivity contribution in [1.29, 1.82) is 0 Å². The van der Waals surface area contributed by atoms with Gasteiger partial charge in [0.05, 0.1) is 0 Å². The molecule has 1 unspecified atom stereocenters. The minimum absolute atomic E-state index is 0.0156. The van der Waals surface area contributed by atoms with Gasteiger partial charge in [0.25, 0.3) is 5.56 Å². The van der Waals surface area contributed by atoms with E-state index >= 15 is 0 Å². The van der Waals surface area contributed by atoms with Crippen molar-refractivity contribution < 1.29 is 23.8 Å². The Kier molecular flexibility index (Phi) is 8.68. The Hall–Kier alpha value is -4.86. The van der Waals surface area contributed by atoms with Gasteiger partial charge >= 0.3 is 5.69 Å². The van der Waals surface area contributed by atoms with E-state index in [4.69, 9.17) is 14.2 Å². The first-order valence-corrected chi connectivity index (χ1v) is 12.6. The number of rotatable bonds is 6. The molecule has 3 atom stereocenters. The lowest BCUT2D eigenvalue weighted by atomic mass is 10.0. The second-order valence-corrected chi connectivity index (χ2v) is 9.51. The zero-order chi connectivity index (χ0) is 28.8. The van der Waals surface area contributed by atoms with Crippen LogP contribution >= 0.6 is 0 Å². The van der Waals surface area contributed by atoms with E-state index < -0.39 is 29.7 Å². The van der Waals surface area contributed by atoms with E-state index in [0.717, 1.165) is 11.1 Å². The molecule has 2 aromatic carbocycles. The number of benzene rings is 2. The van der Waals surface area contributed by atoms with Gasteiger partial charge in [0.15, 0.2) is 11.6 Å². The Morgan fingerprint density at radius 3 is 2.12 bits per heavy atom. The lowest BCUT2D eigenvalue weighted by Gasteiger charge is -2.15. The molecule has 0 spiro atoms. The van der Waals surface area contributed by atoms with E-state index in [1.54, 1.807) is 24.3 Å². The summed E-state index contributed by atoms with van der Waals surface area (Å²) >= 11 is 0. The number of hydrogen-bond donors (Lipinski definition) is 1. The Labute approximate surface area is 231 Å². The van der Waals surface area contributed by atoms with Crippen molar-refractivity contribution >= 4 is 11.6 Å². The number of carbonyl (C=O) groups excluding carboxylic acids is 2. The molecule has 40 heavy (non-hydrogen) atoms. The molecule has 1 aliphatic rings. The maximum absolute atomic E-state index is 12.3. The van der Waals surface area contributed by atoms with Gasteiger partial charge in [-0.25, -0.2) is 4.79 Å². The largest absolute Gasteiger partial charge is 0.443 e. The first-order chi connectivity index (χ1) is 19.1. The number of aryl methyl sites for hydroxylation is 2. The maximum Gasteiger partial charge on any atom is 0.330 e. The summed E-state index contributed by atoms with van der Waals surface area (Å²) in [6.07, 6.45) is 4.87. The van der Waals surface area contributed by atoms with Crippen LogP contribution in [-0.4, -0.2) is 39.9 Å². The Morgan fingerprint density at radius 2 is 1.55 bits per heavy atom. The van der Waals surface area contributed by atoms with E-state index in [1.807, 2.05) is 26.0 Å². The Balaban J connectivity index is 1.55. The van der Waals surface area contributed by atoms with Crippen molar-refractivity contribution in [2.24, 2.45) is 0 Å². The lowest BCUT2D eigenvalue weighted by Crippen LogP contribution is -2.31. The van der Waals surface area contributed by atoms with Crippen LogP contribution in [0.3, 0.4) is 0 Å². The summed E-state index contributed by atoms with van der Waals surface area (Å²) in [5.41, 5.74) is 2.83. The topological polar surface area (TPSA) is 117 Å².